The molecule has 0 aromatic rings. The van der Waals surface area contributed by atoms with Crippen molar-refractivity contribution in [1.29, 1.82) is 0 Å². The lowest BCUT2D eigenvalue weighted by Gasteiger charge is -2.14. The summed E-state index contributed by atoms with van der Waals surface area (Å²) < 4.78 is 0. The van der Waals surface area contributed by atoms with Gasteiger partial charge in [0.1, 0.15) is 0 Å². The summed E-state index contributed by atoms with van der Waals surface area (Å²) in [6.07, 6.45) is 0. The number of aliphatic hydroxyl groups excluding tert-OH is 1. The lowest BCUT2D eigenvalue weighted by Crippen LogP contribution is -2.16. The second kappa shape index (κ2) is 5.35. The van der Waals surface area contributed by atoms with Crippen molar-refractivity contribution in [3.05, 3.63) is 10.8 Å². The molecule has 0 fully saturated rings. The molecule has 0 unspecified atom stereocenters. The Morgan fingerprint density at radius 3 is 2.27 bits per heavy atom. The molecule has 0 aromatic heterocycles. The molecule has 11 heavy (non-hydrogen) atoms. The molecule has 66 valence electrons. The van der Waals surface area contributed by atoms with Gasteiger partial charge in [0.25, 0.3) is 0 Å². The topological polar surface area (TPSA) is 23.5 Å². The number of aliphatic hydroxyl groups is 1. The number of thioether (sulfide) groups is 1. The molecule has 1 N–H and O–H groups in total. The Morgan fingerprint density at radius 1 is 1.55 bits per heavy atom. The van der Waals surface area contributed by atoms with Crippen LogP contribution in [0, 0.1) is 0 Å². The quantitative estimate of drug-likeness (QED) is 0.663. The molecule has 0 aromatic carbocycles. The van der Waals surface area contributed by atoms with Crippen LogP contribution in [0.4, 0.5) is 0 Å². The Labute approximate surface area is 73.3 Å². The molecule has 0 radical (unpaired) electrons. The van der Waals surface area contributed by atoms with Gasteiger partial charge in [0.2, 0.25) is 0 Å². The number of rotatable bonds is 1. The van der Waals surface area contributed by atoms with E-state index in [-0.39, 0.29) is 0 Å². The molecule has 2 nitrogen and oxygen atoms in total. The Hall–Kier alpha value is -0.310. The zero-order chi connectivity index (χ0) is 8.85. The van der Waals surface area contributed by atoms with E-state index in [1.807, 2.05) is 20.8 Å². The molecule has 0 saturated heterocycles. The van der Waals surface area contributed by atoms with Crippen molar-refractivity contribution < 1.29 is 5.11 Å². The van der Waals surface area contributed by atoms with E-state index in [0.717, 1.165) is 18.1 Å². The van der Waals surface area contributed by atoms with Gasteiger partial charge in [-0.1, -0.05) is 25.6 Å². The highest BCUT2D eigenvalue weighted by molar-refractivity contribution is 8.03. The largest absolute Gasteiger partial charge is 0.501 e. The van der Waals surface area contributed by atoms with Gasteiger partial charge in [-0.2, -0.15) is 0 Å². The van der Waals surface area contributed by atoms with Crippen LogP contribution in [-0.2, 0) is 0 Å². The summed E-state index contributed by atoms with van der Waals surface area (Å²) >= 11 is 1.50. The second-order valence-electron chi connectivity index (χ2n) is 2.02. The molecule has 0 saturated carbocycles. The van der Waals surface area contributed by atoms with E-state index in [9.17, 15) is 0 Å². The Morgan fingerprint density at radius 2 is 2.09 bits per heavy atom. The molecular formula is C8H17NOS. The van der Waals surface area contributed by atoms with Gasteiger partial charge in [-0.05, 0) is 13.8 Å². The maximum absolute atomic E-state index is 9.10. The number of hydrogen-bond donors (Lipinski definition) is 1. The van der Waals surface area contributed by atoms with Gasteiger partial charge in [-0.15, -0.1) is 0 Å². The number of allylic oxidation sites excluding steroid dienone is 1. The highest BCUT2D eigenvalue weighted by Gasteiger charge is 2.16. The molecule has 0 aliphatic carbocycles. The fourth-order valence-corrected chi connectivity index (χ4v) is 1.80. The van der Waals surface area contributed by atoms with Crippen molar-refractivity contribution in [2.45, 2.75) is 27.7 Å². The van der Waals surface area contributed by atoms with Gasteiger partial charge in [0.15, 0.2) is 5.09 Å². The van der Waals surface area contributed by atoms with E-state index in [1.54, 1.807) is 0 Å². The van der Waals surface area contributed by atoms with Gasteiger partial charge in [-0.25, -0.2) is 0 Å². The number of nitrogens with zero attached hydrogens (tertiary/aromatic N) is 1. The first-order valence-electron chi connectivity index (χ1n) is 4.03. The minimum atomic E-state index is 0.483. The SMILES string of the molecule is CC.CCN1CSC(O)=C1C. The first-order chi connectivity index (χ1) is 5.25. The molecule has 1 rings (SSSR count). The molecule has 0 amide bonds. The third kappa shape index (κ3) is 2.66. The monoisotopic (exact) mass is 175 g/mol. The zero-order valence-corrected chi connectivity index (χ0v) is 8.53. The van der Waals surface area contributed by atoms with Crippen molar-refractivity contribution in [2.75, 3.05) is 12.4 Å². The van der Waals surface area contributed by atoms with E-state index in [4.69, 9.17) is 5.11 Å². The lowest BCUT2D eigenvalue weighted by molar-refractivity contribution is 0.393. The van der Waals surface area contributed by atoms with Crippen molar-refractivity contribution >= 4 is 11.8 Å². The fourth-order valence-electron chi connectivity index (χ4n) is 0.804. The van der Waals surface area contributed by atoms with Gasteiger partial charge >= 0.3 is 0 Å². The second-order valence-corrected chi connectivity index (χ2v) is 2.95. The zero-order valence-electron chi connectivity index (χ0n) is 7.72. The van der Waals surface area contributed by atoms with Gasteiger partial charge in [-0.3, -0.25) is 0 Å². The first-order valence-corrected chi connectivity index (χ1v) is 5.02. The van der Waals surface area contributed by atoms with Crippen molar-refractivity contribution in [3.63, 3.8) is 0 Å². The first kappa shape index (κ1) is 10.7. The van der Waals surface area contributed by atoms with Crippen molar-refractivity contribution in [1.82, 2.24) is 4.90 Å². The highest BCUT2D eigenvalue weighted by Crippen LogP contribution is 2.28. The van der Waals surface area contributed by atoms with Crippen LogP contribution in [0.3, 0.4) is 0 Å². The van der Waals surface area contributed by atoms with E-state index in [2.05, 4.69) is 11.8 Å². The predicted octanol–water partition coefficient (Wildman–Crippen LogP) is 2.79. The maximum Gasteiger partial charge on any atom is 0.171 e. The van der Waals surface area contributed by atoms with Gasteiger partial charge < -0.3 is 10.0 Å². The van der Waals surface area contributed by atoms with Gasteiger partial charge in [0, 0.05) is 6.54 Å². The van der Waals surface area contributed by atoms with Crippen molar-refractivity contribution in [3.8, 4) is 0 Å². The van der Waals surface area contributed by atoms with Crippen LogP contribution in [0.1, 0.15) is 27.7 Å². The normalized spacial score (nSPS) is 16.5. The Kier molecular flexibility index (Phi) is 5.20. The summed E-state index contributed by atoms with van der Waals surface area (Å²) in [6.45, 7) is 9.02. The number of hydrogen-bond acceptors (Lipinski definition) is 3. The molecule has 3 heteroatoms. The standard InChI is InChI=1S/C6H11NOS.C2H6/c1-3-7-4-9-6(8)5(7)2;1-2/h8H,3-4H2,1-2H3;1-2H3. The maximum atomic E-state index is 9.10. The molecule has 1 aliphatic heterocycles. The van der Waals surface area contributed by atoms with Crippen LogP contribution in [0.5, 0.6) is 0 Å². The van der Waals surface area contributed by atoms with E-state index >= 15 is 0 Å². The third-order valence-electron chi connectivity index (χ3n) is 1.52. The Bertz CT molecular complexity index is 145. The summed E-state index contributed by atoms with van der Waals surface area (Å²) in [7, 11) is 0. The average molecular weight is 175 g/mol. The van der Waals surface area contributed by atoms with Crippen LogP contribution in [0.2, 0.25) is 0 Å². The van der Waals surface area contributed by atoms with Crippen LogP contribution < -0.4 is 0 Å². The van der Waals surface area contributed by atoms with E-state index in [0.29, 0.717) is 5.09 Å². The summed E-state index contributed by atoms with van der Waals surface area (Å²) in [5.41, 5.74) is 1.02. The van der Waals surface area contributed by atoms with Crippen LogP contribution in [0.25, 0.3) is 0 Å². The minimum Gasteiger partial charge on any atom is -0.501 e. The fraction of sp³-hybridized carbons (Fsp3) is 0.750. The molecule has 0 atom stereocenters. The van der Waals surface area contributed by atoms with Crippen molar-refractivity contribution in [2.24, 2.45) is 0 Å². The molecule has 1 heterocycles. The molecule has 1 aliphatic rings. The van der Waals surface area contributed by atoms with Crippen LogP contribution in [0.15, 0.2) is 10.8 Å². The van der Waals surface area contributed by atoms with Crippen LogP contribution in [-0.4, -0.2) is 22.4 Å². The van der Waals surface area contributed by atoms with Gasteiger partial charge in [0.05, 0.1) is 11.6 Å². The van der Waals surface area contributed by atoms with Crippen LogP contribution >= 0.6 is 11.8 Å². The summed E-state index contributed by atoms with van der Waals surface area (Å²) in [4.78, 5) is 2.14. The smallest absolute Gasteiger partial charge is 0.171 e. The average Bonchev–Trinajstić information content (AvgIpc) is 2.37. The lowest BCUT2D eigenvalue weighted by atomic mass is 10.5. The summed E-state index contributed by atoms with van der Waals surface area (Å²) in [5, 5.41) is 9.58. The summed E-state index contributed by atoms with van der Waals surface area (Å²) in [5.74, 6) is 0.911. The minimum absolute atomic E-state index is 0.483. The highest BCUT2D eigenvalue weighted by atomic mass is 32.2. The summed E-state index contributed by atoms with van der Waals surface area (Å²) in [6, 6.07) is 0. The van der Waals surface area contributed by atoms with E-state index in [1.165, 1.54) is 11.8 Å². The Balaban J connectivity index is 0.000000461. The molecular weight excluding hydrogens is 158 g/mol. The predicted molar refractivity (Wildman–Crippen MR) is 51.5 cm³/mol. The molecule has 0 spiro atoms. The van der Waals surface area contributed by atoms with E-state index < -0.39 is 0 Å². The third-order valence-corrected chi connectivity index (χ3v) is 2.53. The molecule has 0 bridgehead atoms.